The maximum atomic E-state index is 12.6. The van der Waals surface area contributed by atoms with Crippen LogP contribution in [0.1, 0.15) is 5.56 Å². The normalized spacial score (nSPS) is 12.3. The van der Waals surface area contributed by atoms with E-state index in [1.165, 1.54) is 48.5 Å². The summed E-state index contributed by atoms with van der Waals surface area (Å²) in [7, 11) is 0. The Morgan fingerprint density at radius 1 is 0.857 bits per heavy atom. The molecule has 0 aliphatic rings. The van der Waals surface area contributed by atoms with E-state index in [-0.39, 0.29) is 23.1 Å². The highest BCUT2D eigenvalue weighted by Gasteiger charge is 2.26. The van der Waals surface area contributed by atoms with Crippen molar-refractivity contribution in [2.75, 3.05) is 0 Å². The van der Waals surface area contributed by atoms with Crippen LogP contribution in [-0.4, -0.2) is 6.18 Å². The van der Waals surface area contributed by atoms with Crippen molar-refractivity contribution in [2.45, 2.75) is 6.18 Å². The lowest BCUT2D eigenvalue weighted by Crippen LogP contribution is -2.06. The molecule has 0 N–H and O–H groups in total. The summed E-state index contributed by atoms with van der Waals surface area (Å²) in [5.41, 5.74) is 0.270. The second-order valence-corrected chi connectivity index (χ2v) is 4.99. The van der Waals surface area contributed by atoms with Crippen molar-refractivity contribution in [3.8, 4) is 5.75 Å². The summed E-state index contributed by atoms with van der Waals surface area (Å²) >= 11 is 11.5. The minimum Gasteiger partial charge on any atom is -0.457 e. The first kappa shape index (κ1) is 15.7. The van der Waals surface area contributed by atoms with Gasteiger partial charge in [0.05, 0.1) is 6.08 Å². The molecule has 0 saturated heterocycles. The molecule has 0 fully saturated rings. The predicted molar refractivity (Wildman–Crippen MR) is 77.6 cm³/mol. The highest BCUT2D eigenvalue weighted by Crippen LogP contribution is 2.28. The number of rotatable bonds is 3. The maximum Gasteiger partial charge on any atom is 0.413 e. The summed E-state index contributed by atoms with van der Waals surface area (Å²) in [6.07, 6.45) is -4.40. The Hall–Kier alpha value is -1.65. The molecule has 0 aliphatic heterocycles. The van der Waals surface area contributed by atoms with Crippen molar-refractivity contribution < 1.29 is 17.9 Å². The van der Waals surface area contributed by atoms with E-state index in [1.54, 1.807) is 0 Å². The average molecular weight is 333 g/mol. The molecule has 0 amide bonds. The molecule has 0 spiro atoms. The average Bonchev–Trinajstić information content (AvgIpc) is 2.40. The second-order valence-electron chi connectivity index (χ2n) is 4.11. The molecule has 0 aromatic heterocycles. The molecule has 2 aromatic rings. The highest BCUT2D eigenvalue weighted by atomic mass is 35.5. The number of benzene rings is 2. The van der Waals surface area contributed by atoms with E-state index >= 15 is 0 Å². The minimum absolute atomic E-state index is 0.102. The summed E-state index contributed by atoms with van der Waals surface area (Å²) in [4.78, 5) is 0. The number of hydrogen-bond donors (Lipinski definition) is 0. The topological polar surface area (TPSA) is 9.23 Å². The van der Waals surface area contributed by atoms with Crippen molar-refractivity contribution in [3.05, 3.63) is 70.2 Å². The first-order chi connectivity index (χ1) is 9.83. The van der Waals surface area contributed by atoms with Gasteiger partial charge in [0.15, 0.2) is 0 Å². The van der Waals surface area contributed by atoms with Gasteiger partial charge in [0.25, 0.3) is 0 Å². The van der Waals surface area contributed by atoms with E-state index in [1.807, 2.05) is 0 Å². The van der Waals surface area contributed by atoms with Crippen LogP contribution in [0.2, 0.25) is 10.0 Å². The maximum absolute atomic E-state index is 12.6. The van der Waals surface area contributed by atoms with Gasteiger partial charge in [-0.15, -0.1) is 0 Å². The summed E-state index contributed by atoms with van der Waals surface area (Å²) in [6, 6.07) is 11.9. The van der Waals surface area contributed by atoms with E-state index in [4.69, 9.17) is 27.9 Å². The molecule has 1 nitrogen and oxygen atoms in total. The van der Waals surface area contributed by atoms with Gasteiger partial charge in [-0.05, 0) is 48.5 Å². The van der Waals surface area contributed by atoms with Crippen molar-refractivity contribution in [1.82, 2.24) is 0 Å². The Labute approximate surface area is 129 Å². The van der Waals surface area contributed by atoms with Gasteiger partial charge in [-0.1, -0.05) is 23.2 Å². The smallest absolute Gasteiger partial charge is 0.413 e. The first-order valence-corrected chi connectivity index (χ1v) is 6.58. The van der Waals surface area contributed by atoms with E-state index in [9.17, 15) is 13.2 Å². The van der Waals surface area contributed by atoms with Crippen LogP contribution < -0.4 is 4.74 Å². The van der Waals surface area contributed by atoms with Gasteiger partial charge in [0.2, 0.25) is 0 Å². The Morgan fingerprint density at radius 2 is 1.33 bits per heavy atom. The van der Waals surface area contributed by atoms with Crippen molar-refractivity contribution in [3.63, 3.8) is 0 Å². The van der Waals surface area contributed by atoms with Gasteiger partial charge in [0.1, 0.15) is 11.5 Å². The molecule has 0 atom stereocenters. The van der Waals surface area contributed by atoms with E-state index < -0.39 is 6.18 Å². The molecular weight excluding hydrogens is 324 g/mol. The summed E-state index contributed by atoms with van der Waals surface area (Å²) < 4.78 is 43.2. The number of alkyl halides is 3. The molecule has 0 bridgehead atoms. The lowest BCUT2D eigenvalue weighted by Gasteiger charge is -2.12. The van der Waals surface area contributed by atoms with Gasteiger partial charge in [-0.25, -0.2) is 0 Å². The molecule has 0 heterocycles. The monoisotopic (exact) mass is 332 g/mol. The molecule has 0 unspecified atom stereocenters. The van der Waals surface area contributed by atoms with Crippen LogP contribution in [0.25, 0.3) is 5.76 Å². The predicted octanol–water partition coefficient (Wildman–Crippen LogP) is 5.98. The van der Waals surface area contributed by atoms with Gasteiger partial charge >= 0.3 is 6.18 Å². The fourth-order valence-corrected chi connectivity index (χ4v) is 1.82. The highest BCUT2D eigenvalue weighted by molar-refractivity contribution is 6.30. The largest absolute Gasteiger partial charge is 0.457 e. The summed E-state index contributed by atoms with van der Waals surface area (Å²) in [5.74, 6) is -0.0636. The van der Waals surface area contributed by atoms with Crippen LogP contribution >= 0.6 is 23.2 Å². The Bertz CT molecular complexity index is 631. The van der Waals surface area contributed by atoms with Crippen molar-refractivity contribution in [2.24, 2.45) is 0 Å². The zero-order valence-electron chi connectivity index (χ0n) is 10.5. The van der Waals surface area contributed by atoms with Crippen molar-refractivity contribution >= 4 is 29.0 Å². The van der Waals surface area contributed by atoms with E-state index in [2.05, 4.69) is 0 Å². The van der Waals surface area contributed by atoms with Gasteiger partial charge in [-0.2, -0.15) is 13.2 Å². The fraction of sp³-hybridized carbons (Fsp3) is 0.0667. The minimum atomic E-state index is -4.50. The number of hydrogen-bond acceptors (Lipinski definition) is 1. The first-order valence-electron chi connectivity index (χ1n) is 5.82. The van der Waals surface area contributed by atoms with Crippen molar-refractivity contribution in [1.29, 1.82) is 0 Å². The lowest BCUT2D eigenvalue weighted by molar-refractivity contribution is -0.0800. The third-order valence-electron chi connectivity index (χ3n) is 2.46. The quantitative estimate of drug-likeness (QED) is 0.628. The molecular formula is C15H9Cl2F3O. The zero-order valence-corrected chi connectivity index (χ0v) is 12.0. The fourth-order valence-electron chi connectivity index (χ4n) is 1.56. The van der Waals surface area contributed by atoms with Gasteiger partial charge in [0, 0.05) is 15.6 Å². The summed E-state index contributed by atoms with van der Waals surface area (Å²) in [6.45, 7) is 0. The third-order valence-corrected chi connectivity index (χ3v) is 2.97. The van der Waals surface area contributed by atoms with Crippen LogP contribution in [0.3, 0.4) is 0 Å². The molecule has 6 heteroatoms. The molecule has 21 heavy (non-hydrogen) atoms. The number of halogens is 5. The van der Waals surface area contributed by atoms with Gasteiger partial charge < -0.3 is 4.74 Å². The summed E-state index contributed by atoms with van der Waals surface area (Å²) in [5, 5.41) is 0.895. The standard InChI is InChI=1S/C15H9Cl2F3O/c16-11-3-1-10(2-4-11)14(9-15(18,19)20)21-13-7-5-12(17)6-8-13/h1-9H/b14-9+. The third kappa shape index (κ3) is 4.99. The Kier molecular flexibility index (Phi) is 4.80. The Morgan fingerprint density at radius 3 is 1.81 bits per heavy atom. The zero-order chi connectivity index (χ0) is 15.5. The molecule has 0 saturated carbocycles. The molecule has 0 radical (unpaired) electrons. The van der Waals surface area contributed by atoms with E-state index in [0.717, 1.165) is 0 Å². The van der Waals surface area contributed by atoms with E-state index in [0.29, 0.717) is 10.0 Å². The lowest BCUT2D eigenvalue weighted by atomic mass is 10.2. The van der Waals surface area contributed by atoms with Crippen LogP contribution in [0.5, 0.6) is 5.75 Å². The van der Waals surface area contributed by atoms with Gasteiger partial charge in [-0.3, -0.25) is 0 Å². The number of ether oxygens (including phenoxy) is 1. The van der Waals surface area contributed by atoms with Crippen LogP contribution in [-0.2, 0) is 0 Å². The SMILES string of the molecule is FC(F)(F)/C=C(/Oc1ccc(Cl)cc1)c1ccc(Cl)cc1. The van der Waals surface area contributed by atoms with Crippen LogP contribution in [0.15, 0.2) is 54.6 Å². The molecule has 2 aromatic carbocycles. The molecule has 110 valence electrons. The van der Waals surface area contributed by atoms with Crippen LogP contribution in [0, 0.1) is 0 Å². The number of allylic oxidation sites excluding steroid dienone is 1. The molecule has 2 rings (SSSR count). The second kappa shape index (κ2) is 6.41. The molecule has 0 aliphatic carbocycles. The Balaban J connectivity index is 2.35. The van der Waals surface area contributed by atoms with Crippen LogP contribution in [0.4, 0.5) is 13.2 Å².